The quantitative estimate of drug-likeness (QED) is 0.0403. The van der Waals surface area contributed by atoms with Gasteiger partial charge >= 0.3 is 0 Å². The zero-order valence-electron chi connectivity index (χ0n) is 43.9. The summed E-state index contributed by atoms with van der Waals surface area (Å²) in [5, 5.41) is 26.6. The molecule has 1 aliphatic rings. The number of anilines is 1. The van der Waals surface area contributed by atoms with E-state index in [0.29, 0.717) is 12.2 Å². The summed E-state index contributed by atoms with van der Waals surface area (Å²) >= 11 is 1.15. The Bertz CT molecular complexity index is 2140. The van der Waals surface area contributed by atoms with Crippen molar-refractivity contribution in [1.82, 2.24) is 30.2 Å². The number of thioether (sulfide) groups is 1. The first-order valence-corrected chi connectivity index (χ1v) is 31.9. The Balaban J connectivity index is 1.20. The van der Waals surface area contributed by atoms with E-state index in [4.69, 9.17) is 10.5 Å². The van der Waals surface area contributed by atoms with E-state index in [9.17, 15) is 57.9 Å². The molecule has 1 saturated heterocycles. The van der Waals surface area contributed by atoms with E-state index < -0.39 is 84.6 Å². The molecule has 0 spiro atoms. The molecule has 3 heterocycles. The largest absolute Gasteiger partial charge is 0.790 e. The minimum atomic E-state index is -5.92. The fourth-order valence-electron chi connectivity index (χ4n) is 8.40. The number of hydrogen-bond donors (Lipinski definition) is 5. The third-order valence-electron chi connectivity index (χ3n) is 12.7. The summed E-state index contributed by atoms with van der Waals surface area (Å²) in [4.78, 5) is 97.1. The fourth-order valence-corrected chi connectivity index (χ4v) is 11.9. The maximum absolute atomic E-state index is 12.7. The topological polar surface area (TPSA) is 375 Å². The van der Waals surface area contributed by atoms with Gasteiger partial charge in [0.1, 0.15) is 36.3 Å². The summed E-state index contributed by atoms with van der Waals surface area (Å²) in [6, 6.07) is 0. The molecule has 2 unspecified atom stereocenters. The first kappa shape index (κ1) is 66.8. The lowest BCUT2D eigenvalue weighted by Gasteiger charge is -2.36. The van der Waals surface area contributed by atoms with Crippen molar-refractivity contribution >= 4 is 69.1 Å². The van der Waals surface area contributed by atoms with Crippen LogP contribution in [0.25, 0.3) is 11.2 Å². The van der Waals surface area contributed by atoms with Crippen LogP contribution < -0.4 is 35.9 Å². The number of fused-ring (bicyclic) bond motifs is 1. The summed E-state index contributed by atoms with van der Waals surface area (Å²) in [7, 11) is -17.6. The second kappa shape index (κ2) is 35.2. The molecule has 2 aromatic rings. The third kappa shape index (κ3) is 27.3. The summed E-state index contributed by atoms with van der Waals surface area (Å²) in [5.74, 6) is -1.12. The second-order valence-electron chi connectivity index (χ2n) is 19.7. The highest BCUT2D eigenvalue weighted by Gasteiger charge is 2.47. The van der Waals surface area contributed by atoms with Crippen LogP contribution in [0.5, 0.6) is 0 Å². The predicted molar refractivity (Wildman–Crippen MR) is 275 cm³/mol. The highest BCUT2D eigenvalue weighted by molar-refractivity contribution is 8.13. The second-order valence-corrected chi connectivity index (χ2v) is 24.9. The number of aromatic nitrogens is 4. The van der Waals surface area contributed by atoms with Crippen LogP contribution in [0, 0.1) is 5.41 Å². The average Bonchev–Trinajstić information content (AvgIpc) is 3.91. The van der Waals surface area contributed by atoms with Gasteiger partial charge in [-0.1, -0.05) is 174 Å². The van der Waals surface area contributed by atoms with Gasteiger partial charge in [-0.05, 0) is 6.42 Å². The van der Waals surface area contributed by atoms with Gasteiger partial charge in [-0.3, -0.25) is 28.1 Å². The summed E-state index contributed by atoms with van der Waals surface area (Å²) in [6.45, 7) is 2.46. The summed E-state index contributed by atoms with van der Waals surface area (Å²) < 4.78 is 61.0. The average molecular weight is 1140 g/mol. The summed E-state index contributed by atoms with van der Waals surface area (Å²) in [6.07, 6.45) is 23.0. The molecule has 0 aromatic carbocycles. The van der Waals surface area contributed by atoms with Crippen LogP contribution in [0.4, 0.5) is 5.82 Å². The van der Waals surface area contributed by atoms with E-state index in [2.05, 4.69) is 50.4 Å². The van der Waals surface area contributed by atoms with Gasteiger partial charge in [0.15, 0.2) is 22.8 Å². The highest BCUT2D eigenvalue weighted by atomic mass is 32.2. The number of nitrogens with two attached hydrogens (primary N) is 1. The molecular formula is C47H82N7O17P3S-4. The van der Waals surface area contributed by atoms with Crippen molar-refractivity contribution in [2.75, 3.05) is 37.8 Å². The van der Waals surface area contributed by atoms with E-state index in [-0.39, 0.29) is 41.6 Å². The van der Waals surface area contributed by atoms with Crippen molar-refractivity contribution in [3.8, 4) is 0 Å². The van der Waals surface area contributed by atoms with E-state index in [1.165, 1.54) is 142 Å². The molecule has 0 aliphatic carbocycles. The van der Waals surface area contributed by atoms with Crippen LogP contribution >= 0.6 is 35.2 Å². The fraction of sp³-hybridized carbons (Fsp3) is 0.830. The minimum Gasteiger partial charge on any atom is -0.790 e. The van der Waals surface area contributed by atoms with Crippen molar-refractivity contribution in [3.05, 3.63) is 12.7 Å². The van der Waals surface area contributed by atoms with Crippen molar-refractivity contribution in [2.24, 2.45) is 5.41 Å². The molecule has 3 rings (SSSR count). The monoisotopic (exact) mass is 1140 g/mol. The molecule has 1 fully saturated rings. The van der Waals surface area contributed by atoms with Crippen molar-refractivity contribution in [3.63, 3.8) is 0 Å². The Labute approximate surface area is 446 Å². The number of unbranched alkanes of at least 4 members (excludes halogenated alkanes) is 22. The number of nitrogen functional groups attached to an aromatic ring is 1. The summed E-state index contributed by atoms with van der Waals surface area (Å²) in [5.41, 5.74) is 4.10. The number of phosphoric ester groups is 3. The van der Waals surface area contributed by atoms with E-state index >= 15 is 0 Å². The van der Waals surface area contributed by atoms with Gasteiger partial charge in [0.05, 0.1) is 27.4 Å². The normalized spacial score (nSPS) is 19.2. The van der Waals surface area contributed by atoms with Crippen LogP contribution in [-0.4, -0.2) is 103 Å². The number of aliphatic hydroxyl groups excluding tert-OH is 2. The van der Waals surface area contributed by atoms with Gasteiger partial charge in [0.2, 0.25) is 11.8 Å². The molecule has 2 aromatic heterocycles. The molecular weight excluding hydrogens is 1060 g/mol. The number of phosphoric acid groups is 3. The zero-order chi connectivity index (χ0) is 55.3. The smallest absolute Gasteiger partial charge is 0.274 e. The zero-order valence-corrected chi connectivity index (χ0v) is 47.4. The van der Waals surface area contributed by atoms with Crippen molar-refractivity contribution < 1.29 is 80.5 Å². The number of ether oxygens (including phenoxy) is 1. The number of rotatable bonds is 43. The maximum Gasteiger partial charge on any atom is 0.274 e. The Hall–Kier alpha value is -2.44. The lowest BCUT2D eigenvalue weighted by atomic mass is 9.87. The minimum absolute atomic E-state index is 0.0171. The SMILES string of the molecule is CCCCCCCCCCCCCCCCCCCCCCCCCC(=O)SCCNC(=O)CCNC(=O)[C@H](O)C(C)(C)COP(=O)([O-])OP(=O)([O-])OC[C@H]1O[C@@H](n2cnc3c(N)ncnc32)[C@H](O)[C@@H]1OP(=O)([O-])[O-]. The van der Waals surface area contributed by atoms with Crippen LogP contribution in [-0.2, 0) is 50.7 Å². The first-order valence-electron chi connectivity index (χ1n) is 26.5. The maximum atomic E-state index is 12.7. The van der Waals surface area contributed by atoms with E-state index in [0.717, 1.165) is 48.2 Å². The van der Waals surface area contributed by atoms with Gasteiger partial charge in [-0.25, -0.2) is 19.3 Å². The molecule has 1 aliphatic heterocycles. The van der Waals surface area contributed by atoms with Crippen LogP contribution in [0.3, 0.4) is 0 Å². The van der Waals surface area contributed by atoms with Gasteiger partial charge in [0.25, 0.3) is 15.6 Å². The number of nitrogens with zero attached hydrogens (tertiary/aromatic N) is 4. The molecule has 6 N–H and O–H groups in total. The molecule has 75 heavy (non-hydrogen) atoms. The van der Waals surface area contributed by atoms with Crippen molar-refractivity contribution in [2.45, 2.75) is 212 Å². The Kier molecular flexibility index (Phi) is 31.4. The number of amides is 2. The van der Waals surface area contributed by atoms with Crippen LogP contribution in [0.15, 0.2) is 12.7 Å². The van der Waals surface area contributed by atoms with Gasteiger partial charge < -0.3 is 69.0 Å². The Morgan fingerprint density at radius 1 is 0.773 bits per heavy atom. The van der Waals surface area contributed by atoms with E-state index in [1.807, 2.05) is 0 Å². The number of carbonyl (C=O) groups excluding carboxylic acids is 3. The lowest BCUT2D eigenvalue weighted by Crippen LogP contribution is -2.46. The number of hydrogen-bond acceptors (Lipinski definition) is 22. The Morgan fingerprint density at radius 2 is 1.29 bits per heavy atom. The first-order chi connectivity index (χ1) is 35.6. The molecule has 24 nitrogen and oxygen atoms in total. The predicted octanol–water partition coefficient (Wildman–Crippen LogP) is 5.52. The highest BCUT2D eigenvalue weighted by Crippen LogP contribution is 2.56. The third-order valence-corrected chi connectivity index (χ3v) is 16.7. The number of nitrogens with one attached hydrogen (secondary N) is 2. The number of imidazole rings is 1. The van der Waals surface area contributed by atoms with Gasteiger partial charge in [-0.2, -0.15) is 0 Å². The molecule has 28 heteroatoms. The molecule has 0 bridgehead atoms. The standard InChI is InChI=1S/C47H86N7O17P3S/c1-4-5-6-7-8-9-10-11-12-13-14-15-16-17-18-19-20-21-22-23-24-25-26-27-38(56)75-31-30-49-37(55)28-29-50-45(59)42(58)47(2,3)33-68-74(65,66)71-73(63,64)67-32-36-41(70-72(60,61)62)40(57)46(69-36)54-35-53-39-43(48)51-34-52-44(39)54/h34-36,40-42,46,57-58H,4-33H2,1-3H3,(H,49,55)(H,50,59)(H,63,64)(H,65,66)(H2,48,51,52)(H2,60,61,62)/p-4/t36-,40-,41-,42+,46-/m1/s1. The van der Waals surface area contributed by atoms with Crippen LogP contribution in [0.1, 0.15) is 188 Å². The van der Waals surface area contributed by atoms with Crippen molar-refractivity contribution in [1.29, 1.82) is 0 Å². The lowest BCUT2D eigenvalue weighted by molar-refractivity contribution is -0.347. The molecule has 0 saturated carbocycles. The van der Waals surface area contributed by atoms with Gasteiger partial charge in [0, 0.05) is 37.1 Å². The van der Waals surface area contributed by atoms with E-state index in [1.54, 1.807) is 0 Å². The van der Waals surface area contributed by atoms with Crippen LogP contribution in [0.2, 0.25) is 0 Å². The Morgan fingerprint density at radius 3 is 1.83 bits per heavy atom. The molecule has 432 valence electrons. The number of carbonyl (C=O) groups is 3. The molecule has 0 radical (unpaired) electrons. The van der Waals surface area contributed by atoms with Gasteiger partial charge in [-0.15, -0.1) is 0 Å². The molecule has 2 amide bonds. The number of aliphatic hydroxyl groups is 2. The molecule has 7 atom stereocenters.